The molecule has 134 valence electrons. The van der Waals surface area contributed by atoms with E-state index in [-0.39, 0.29) is 5.69 Å². The van der Waals surface area contributed by atoms with Crippen LogP contribution in [0.25, 0.3) is 10.9 Å². The van der Waals surface area contributed by atoms with E-state index in [4.69, 9.17) is 9.47 Å². The molecule has 0 aliphatic heterocycles. The van der Waals surface area contributed by atoms with Crippen LogP contribution in [-0.4, -0.2) is 31.2 Å². The number of carbonyl (C=O) groups is 2. The molecular formula is C18H16BrN3O4. The fourth-order valence-corrected chi connectivity index (χ4v) is 2.93. The van der Waals surface area contributed by atoms with Crippen LogP contribution in [0.4, 0.5) is 16.2 Å². The van der Waals surface area contributed by atoms with Crippen molar-refractivity contribution < 1.29 is 19.1 Å². The van der Waals surface area contributed by atoms with Crippen LogP contribution >= 0.6 is 15.9 Å². The van der Waals surface area contributed by atoms with Crippen LogP contribution in [-0.2, 0) is 4.74 Å². The summed E-state index contributed by atoms with van der Waals surface area (Å²) >= 11 is 3.39. The van der Waals surface area contributed by atoms with E-state index in [9.17, 15) is 9.59 Å². The van der Waals surface area contributed by atoms with Crippen LogP contribution in [0.5, 0.6) is 5.75 Å². The highest BCUT2D eigenvalue weighted by Gasteiger charge is 2.20. The van der Waals surface area contributed by atoms with Crippen molar-refractivity contribution in [2.24, 2.45) is 0 Å². The number of hydrogen-bond acceptors (Lipinski definition) is 4. The van der Waals surface area contributed by atoms with Gasteiger partial charge in [-0.25, -0.2) is 9.59 Å². The molecule has 0 aliphatic carbocycles. The minimum atomic E-state index is -0.579. The van der Waals surface area contributed by atoms with Crippen molar-refractivity contribution in [3.63, 3.8) is 0 Å². The van der Waals surface area contributed by atoms with Gasteiger partial charge >= 0.3 is 12.0 Å². The number of H-pyrrole nitrogens is 1. The third-order valence-corrected chi connectivity index (χ3v) is 4.24. The maximum absolute atomic E-state index is 12.5. The molecular weight excluding hydrogens is 402 g/mol. The van der Waals surface area contributed by atoms with Gasteiger partial charge in [0.05, 0.1) is 25.6 Å². The summed E-state index contributed by atoms with van der Waals surface area (Å²) in [5.74, 6) is -0.0533. The molecule has 2 amide bonds. The van der Waals surface area contributed by atoms with E-state index >= 15 is 0 Å². The Kier molecular flexibility index (Phi) is 5.13. The number of ether oxygens (including phenoxy) is 2. The summed E-state index contributed by atoms with van der Waals surface area (Å²) in [6.45, 7) is 0. The zero-order chi connectivity index (χ0) is 18.7. The summed E-state index contributed by atoms with van der Waals surface area (Å²) in [5, 5.41) is 6.10. The molecule has 0 saturated heterocycles. The lowest BCUT2D eigenvalue weighted by Crippen LogP contribution is -2.21. The number of carbonyl (C=O) groups excluding carboxylic acids is 2. The number of aromatic nitrogens is 1. The Hall–Kier alpha value is -3.00. The maximum atomic E-state index is 12.5. The van der Waals surface area contributed by atoms with Crippen LogP contribution in [0.1, 0.15) is 10.5 Å². The van der Waals surface area contributed by atoms with E-state index in [1.165, 1.54) is 14.2 Å². The Bertz CT molecular complexity index is 984. The SMILES string of the molecule is COC(=O)c1[nH]c2ccc(Br)cc2c1NC(=O)Nc1ccccc1OC. The topological polar surface area (TPSA) is 92.5 Å². The number of halogens is 1. The Labute approximate surface area is 157 Å². The highest BCUT2D eigenvalue weighted by Crippen LogP contribution is 2.31. The largest absolute Gasteiger partial charge is 0.495 e. The van der Waals surface area contributed by atoms with Gasteiger partial charge in [-0.2, -0.15) is 0 Å². The number of urea groups is 1. The zero-order valence-electron chi connectivity index (χ0n) is 14.1. The molecule has 7 nitrogen and oxygen atoms in total. The molecule has 3 N–H and O–H groups in total. The van der Waals surface area contributed by atoms with E-state index in [2.05, 4.69) is 31.5 Å². The molecule has 2 aromatic carbocycles. The number of esters is 1. The summed E-state index contributed by atoms with van der Waals surface area (Å²) in [4.78, 5) is 27.5. The van der Waals surface area contributed by atoms with Crippen molar-refractivity contribution in [2.45, 2.75) is 0 Å². The smallest absolute Gasteiger partial charge is 0.356 e. The minimum Gasteiger partial charge on any atom is -0.495 e. The van der Waals surface area contributed by atoms with Gasteiger partial charge in [-0.1, -0.05) is 28.1 Å². The predicted molar refractivity (Wildman–Crippen MR) is 103 cm³/mol. The highest BCUT2D eigenvalue weighted by molar-refractivity contribution is 9.10. The molecule has 0 radical (unpaired) electrons. The van der Waals surface area contributed by atoms with Crippen molar-refractivity contribution >= 4 is 50.2 Å². The van der Waals surface area contributed by atoms with E-state index < -0.39 is 12.0 Å². The molecule has 0 atom stereocenters. The van der Waals surface area contributed by atoms with Gasteiger partial charge in [-0.15, -0.1) is 0 Å². The molecule has 26 heavy (non-hydrogen) atoms. The number of aromatic amines is 1. The number of benzene rings is 2. The molecule has 3 rings (SSSR count). The van der Waals surface area contributed by atoms with Crippen LogP contribution in [0, 0.1) is 0 Å². The van der Waals surface area contributed by atoms with Crippen molar-refractivity contribution in [3.05, 3.63) is 52.6 Å². The third kappa shape index (κ3) is 3.50. The number of para-hydroxylation sites is 2. The Balaban J connectivity index is 1.95. The summed E-state index contributed by atoms with van der Waals surface area (Å²) in [7, 11) is 2.80. The van der Waals surface area contributed by atoms with E-state index in [1.54, 1.807) is 36.4 Å². The molecule has 1 aromatic heterocycles. The van der Waals surface area contributed by atoms with Gasteiger partial charge in [0.25, 0.3) is 0 Å². The minimum absolute atomic E-state index is 0.163. The van der Waals surface area contributed by atoms with Crippen molar-refractivity contribution in [1.82, 2.24) is 4.98 Å². The van der Waals surface area contributed by atoms with Gasteiger partial charge in [-0.3, -0.25) is 0 Å². The van der Waals surface area contributed by atoms with Gasteiger partial charge in [0, 0.05) is 15.4 Å². The predicted octanol–water partition coefficient (Wildman–Crippen LogP) is 4.37. The van der Waals surface area contributed by atoms with Crippen LogP contribution in [0.15, 0.2) is 46.9 Å². The Morgan fingerprint density at radius 1 is 1.08 bits per heavy atom. The first-order valence-electron chi connectivity index (χ1n) is 7.64. The van der Waals surface area contributed by atoms with E-state index in [1.807, 2.05) is 6.07 Å². The van der Waals surface area contributed by atoms with E-state index in [0.29, 0.717) is 28.0 Å². The fraction of sp³-hybridized carbons (Fsp3) is 0.111. The molecule has 0 fully saturated rings. The number of fused-ring (bicyclic) bond motifs is 1. The summed E-state index contributed by atoms with van der Waals surface area (Å²) < 4.78 is 10.8. The second-order valence-corrected chi connectivity index (χ2v) is 6.25. The normalized spacial score (nSPS) is 10.4. The number of hydrogen-bond donors (Lipinski definition) is 3. The molecule has 8 heteroatoms. The molecule has 0 aliphatic rings. The second-order valence-electron chi connectivity index (χ2n) is 5.34. The zero-order valence-corrected chi connectivity index (χ0v) is 15.6. The van der Waals surface area contributed by atoms with Crippen molar-refractivity contribution in [3.8, 4) is 5.75 Å². The number of methoxy groups -OCH3 is 2. The lowest BCUT2D eigenvalue weighted by Gasteiger charge is -2.11. The van der Waals surface area contributed by atoms with Crippen LogP contribution < -0.4 is 15.4 Å². The summed E-state index contributed by atoms with van der Waals surface area (Å²) in [6, 6.07) is 11.9. The number of amides is 2. The number of nitrogens with one attached hydrogen (secondary N) is 3. The van der Waals surface area contributed by atoms with Gasteiger partial charge in [-0.05, 0) is 30.3 Å². The summed E-state index contributed by atoms with van der Waals surface area (Å²) in [5.41, 5.74) is 1.70. The van der Waals surface area contributed by atoms with Crippen molar-refractivity contribution in [1.29, 1.82) is 0 Å². The average molecular weight is 418 g/mol. The van der Waals surface area contributed by atoms with Crippen molar-refractivity contribution in [2.75, 3.05) is 24.9 Å². The second kappa shape index (κ2) is 7.49. The monoisotopic (exact) mass is 417 g/mol. The maximum Gasteiger partial charge on any atom is 0.356 e. The molecule has 3 aromatic rings. The average Bonchev–Trinajstić information content (AvgIpc) is 2.99. The van der Waals surface area contributed by atoms with Gasteiger partial charge < -0.3 is 25.1 Å². The van der Waals surface area contributed by atoms with Gasteiger partial charge in [0.15, 0.2) is 0 Å². The van der Waals surface area contributed by atoms with E-state index in [0.717, 1.165) is 4.47 Å². The lowest BCUT2D eigenvalue weighted by molar-refractivity contribution is 0.0596. The van der Waals surface area contributed by atoms with Crippen LogP contribution in [0.3, 0.4) is 0 Å². The Morgan fingerprint density at radius 3 is 2.58 bits per heavy atom. The van der Waals surface area contributed by atoms with Crippen LogP contribution in [0.2, 0.25) is 0 Å². The standard InChI is InChI=1S/C18H16BrN3O4/c1-25-14-6-4-3-5-13(14)21-18(24)22-15-11-9-10(19)7-8-12(11)20-16(15)17(23)26-2/h3-9,20H,1-2H3,(H2,21,22,24). The molecule has 1 heterocycles. The molecule has 0 spiro atoms. The first-order valence-corrected chi connectivity index (χ1v) is 8.43. The Morgan fingerprint density at radius 2 is 1.85 bits per heavy atom. The quantitative estimate of drug-likeness (QED) is 0.549. The lowest BCUT2D eigenvalue weighted by atomic mass is 10.2. The first kappa shape index (κ1) is 17.8. The molecule has 0 saturated carbocycles. The number of anilines is 2. The molecule has 0 unspecified atom stereocenters. The fourth-order valence-electron chi connectivity index (χ4n) is 2.56. The summed E-state index contributed by atoms with van der Waals surface area (Å²) in [6.07, 6.45) is 0. The molecule has 0 bridgehead atoms. The highest BCUT2D eigenvalue weighted by atomic mass is 79.9. The van der Waals surface area contributed by atoms with Gasteiger partial charge in [0.2, 0.25) is 0 Å². The third-order valence-electron chi connectivity index (χ3n) is 3.74. The first-order chi connectivity index (χ1) is 12.5. The number of rotatable bonds is 4. The van der Waals surface area contributed by atoms with Gasteiger partial charge in [0.1, 0.15) is 11.4 Å².